The fourth-order valence-electron chi connectivity index (χ4n) is 2.49. The summed E-state index contributed by atoms with van der Waals surface area (Å²) in [5.74, 6) is 0.561. The molecule has 1 atom stereocenters. The van der Waals surface area contributed by atoms with Gasteiger partial charge in [0.05, 0.1) is 11.6 Å². The second-order valence-electron chi connectivity index (χ2n) is 5.04. The molecule has 2 rings (SSSR count). The molecule has 0 spiro atoms. The number of nitrogen functional groups attached to an aromatic ring is 1. The summed E-state index contributed by atoms with van der Waals surface area (Å²) in [6.45, 7) is 8.14. The maximum atomic E-state index is 9.18. The van der Waals surface area contributed by atoms with E-state index in [4.69, 9.17) is 5.73 Å². The van der Waals surface area contributed by atoms with Crippen LogP contribution in [0.1, 0.15) is 40.9 Å². The number of rotatable bonds is 2. The Labute approximate surface area is 114 Å². The highest BCUT2D eigenvalue weighted by Gasteiger charge is 2.19. The summed E-state index contributed by atoms with van der Waals surface area (Å²) in [5.41, 5.74) is 11.2. The van der Waals surface area contributed by atoms with Crippen molar-refractivity contribution in [3.63, 3.8) is 0 Å². The van der Waals surface area contributed by atoms with E-state index in [0.29, 0.717) is 11.4 Å². The summed E-state index contributed by atoms with van der Waals surface area (Å²) in [6.07, 6.45) is 0. The van der Waals surface area contributed by atoms with Gasteiger partial charge < -0.3 is 10.3 Å². The van der Waals surface area contributed by atoms with Crippen LogP contribution >= 0.6 is 0 Å². The standard InChI is InChI=1S/C16H19N3/c1-10-5-7-14(8-6-10)13(4)19-12(3)11(2)15(9-17)16(19)18/h5-8,13H,18H2,1-4H3. The smallest absolute Gasteiger partial charge is 0.122 e. The predicted octanol–water partition coefficient (Wildman–Crippen LogP) is 3.48. The van der Waals surface area contributed by atoms with Crippen LogP contribution in [-0.4, -0.2) is 4.57 Å². The van der Waals surface area contributed by atoms with Gasteiger partial charge in [-0.25, -0.2) is 0 Å². The lowest BCUT2D eigenvalue weighted by molar-refractivity contribution is 0.633. The molecule has 0 aliphatic heterocycles. The number of hydrogen-bond acceptors (Lipinski definition) is 2. The van der Waals surface area contributed by atoms with Crippen molar-refractivity contribution in [3.8, 4) is 6.07 Å². The predicted molar refractivity (Wildman–Crippen MR) is 78.0 cm³/mol. The van der Waals surface area contributed by atoms with Gasteiger partial charge in [0.25, 0.3) is 0 Å². The van der Waals surface area contributed by atoms with Crippen molar-refractivity contribution in [1.82, 2.24) is 4.57 Å². The van der Waals surface area contributed by atoms with E-state index in [1.165, 1.54) is 11.1 Å². The zero-order valence-electron chi connectivity index (χ0n) is 11.9. The number of benzene rings is 1. The third-order valence-corrected chi connectivity index (χ3v) is 3.85. The van der Waals surface area contributed by atoms with Crippen LogP contribution < -0.4 is 5.73 Å². The monoisotopic (exact) mass is 253 g/mol. The Morgan fingerprint density at radius 3 is 2.21 bits per heavy atom. The van der Waals surface area contributed by atoms with Crippen LogP contribution in [0.15, 0.2) is 24.3 Å². The molecule has 98 valence electrons. The Hall–Kier alpha value is -2.21. The molecular weight excluding hydrogens is 234 g/mol. The molecule has 0 aliphatic rings. The highest BCUT2D eigenvalue weighted by Crippen LogP contribution is 2.30. The molecule has 0 bridgehead atoms. The molecular formula is C16H19N3. The third-order valence-electron chi connectivity index (χ3n) is 3.85. The lowest BCUT2D eigenvalue weighted by Gasteiger charge is -2.19. The summed E-state index contributed by atoms with van der Waals surface area (Å²) >= 11 is 0. The highest BCUT2D eigenvalue weighted by molar-refractivity contribution is 5.58. The van der Waals surface area contributed by atoms with Crippen molar-refractivity contribution in [2.45, 2.75) is 33.7 Å². The van der Waals surface area contributed by atoms with Crippen LogP contribution in [0.25, 0.3) is 0 Å². The van der Waals surface area contributed by atoms with Crippen molar-refractivity contribution in [1.29, 1.82) is 5.26 Å². The number of anilines is 1. The van der Waals surface area contributed by atoms with Crippen LogP contribution in [0.2, 0.25) is 0 Å². The van der Waals surface area contributed by atoms with Crippen molar-refractivity contribution < 1.29 is 0 Å². The molecule has 19 heavy (non-hydrogen) atoms. The zero-order chi connectivity index (χ0) is 14.2. The Balaban J connectivity index is 2.54. The Morgan fingerprint density at radius 2 is 1.74 bits per heavy atom. The molecule has 2 N–H and O–H groups in total. The van der Waals surface area contributed by atoms with Gasteiger partial charge in [-0.1, -0.05) is 29.8 Å². The van der Waals surface area contributed by atoms with Gasteiger partial charge in [-0.2, -0.15) is 5.26 Å². The fraction of sp³-hybridized carbons (Fsp3) is 0.312. The molecule has 1 aromatic heterocycles. The van der Waals surface area contributed by atoms with E-state index in [2.05, 4.69) is 44.2 Å². The minimum absolute atomic E-state index is 0.126. The zero-order valence-corrected chi connectivity index (χ0v) is 11.9. The minimum atomic E-state index is 0.126. The molecule has 0 saturated heterocycles. The normalized spacial score (nSPS) is 12.2. The summed E-state index contributed by atoms with van der Waals surface area (Å²) in [4.78, 5) is 0. The van der Waals surface area contributed by atoms with Gasteiger partial charge in [0.2, 0.25) is 0 Å². The maximum Gasteiger partial charge on any atom is 0.122 e. The first kappa shape index (κ1) is 13.2. The quantitative estimate of drug-likeness (QED) is 0.890. The van der Waals surface area contributed by atoms with Gasteiger partial charge in [0.1, 0.15) is 11.9 Å². The van der Waals surface area contributed by atoms with Crippen LogP contribution in [0.5, 0.6) is 0 Å². The Bertz CT molecular complexity index is 642. The van der Waals surface area contributed by atoms with Crippen LogP contribution in [0.4, 0.5) is 5.82 Å². The number of aromatic nitrogens is 1. The average molecular weight is 253 g/mol. The molecule has 1 unspecified atom stereocenters. The molecule has 0 fully saturated rings. The topological polar surface area (TPSA) is 54.7 Å². The largest absolute Gasteiger partial charge is 0.384 e. The van der Waals surface area contributed by atoms with Crippen molar-refractivity contribution in [2.75, 3.05) is 5.73 Å². The second-order valence-corrected chi connectivity index (χ2v) is 5.04. The summed E-state index contributed by atoms with van der Waals surface area (Å²) in [5, 5.41) is 9.18. The number of nitrogens with two attached hydrogens (primary N) is 1. The summed E-state index contributed by atoms with van der Waals surface area (Å²) in [7, 11) is 0. The molecule has 0 radical (unpaired) electrons. The lowest BCUT2D eigenvalue weighted by Crippen LogP contribution is -2.11. The van der Waals surface area contributed by atoms with E-state index in [-0.39, 0.29) is 6.04 Å². The molecule has 3 nitrogen and oxygen atoms in total. The van der Waals surface area contributed by atoms with E-state index < -0.39 is 0 Å². The van der Waals surface area contributed by atoms with E-state index >= 15 is 0 Å². The Morgan fingerprint density at radius 1 is 1.16 bits per heavy atom. The van der Waals surface area contributed by atoms with E-state index in [0.717, 1.165) is 11.3 Å². The van der Waals surface area contributed by atoms with Gasteiger partial charge in [-0.15, -0.1) is 0 Å². The molecule has 0 saturated carbocycles. The molecule has 0 amide bonds. The molecule has 1 heterocycles. The number of aryl methyl sites for hydroxylation is 1. The third kappa shape index (κ3) is 2.10. The van der Waals surface area contributed by atoms with Gasteiger partial charge in [-0.05, 0) is 38.8 Å². The number of nitriles is 1. The Kier molecular flexibility index (Phi) is 3.35. The van der Waals surface area contributed by atoms with Gasteiger partial charge in [-0.3, -0.25) is 0 Å². The van der Waals surface area contributed by atoms with Crippen LogP contribution in [0.3, 0.4) is 0 Å². The van der Waals surface area contributed by atoms with E-state index in [1.54, 1.807) is 0 Å². The van der Waals surface area contributed by atoms with Crippen molar-refractivity contribution >= 4 is 5.82 Å². The minimum Gasteiger partial charge on any atom is -0.384 e. The number of nitrogens with zero attached hydrogens (tertiary/aromatic N) is 2. The van der Waals surface area contributed by atoms with Gasteiger partial charge in [0.15, 0.2) is 0 Å². The molecule has 2 aromatic rings. The second kappa shape index (κ2) is 4.81. The molecule has 3 heteroatoms. The van der Waals surface area contributed by atoms with E-state index in [1.807, 2.05) is 18.4 Å². The first-order valence-electron chi connectivity index (χ1n) is 6.41. The maximum absolute atomic E-state index is 9.18. The van der Waals surface area contributed by atoms with Crippen LogP contribution in [-0.2, 0) is 0 Å². The number of hydrogen-bond donors (Lipinski definition) is 1. The first-order chi connectivity index (χ1) is 8.97. The summed E-state index contributed by atoms with van der Waals surface area (Å²) in [6, 6.07) is 10.7. The van der Waals surface area contributed by atoms with E-state index in [9.17, 15) is 5.26 Å². The molecule has 0 aliphatic carbocycles. The fourth-order valence-corrected chi connectivity index (χ4v) is 2.49. The summed E-state index contributed by atoms with van der Waals surface area (Å²) < 4.78 is 2.04. The van der Waals surface area contributed by atoms with Gasteiger partial charge >= 0.3 is 0 Å². The average Bonchev–Trinajstić information content (AvgIpc) is 2.60. The molecule has 1 aromatic carbocycles. The van der Waals surface area contributed by atoms with Crippen molar-refractivity contribution in [3.05, 3.63) is 52.2 Å². The first-order valence-corrected chi connectivity index (χ1v) is 6.41. The van der Waals surface area contributed by atoms with Crippen LogP contribution in [0, 0.1) is 32.1 Å². The van der Waals surface area contributed by atoms with Gasteiger partial charge in [0, 0.05) is 5.69 Å². The highest BCUT2D eigenvalue weighted by atomic mass is 15.1. The lowest BCUT2D eigenvalue weighted by atomic mass is 10.1. The van der Waals surface area contributed by atoms with Crippen molar-refractivity contribution in [2.24, 2.45) is 0 Å². The SMILES string of the molecule is Cc1ccc(C(C)n2c(C)c(C)c(C#N)c2N)cc1.